The van der Waals surface area contributed by atoms with E-state index in [9.17, 15) is 4.79 Å². The molecule has 0 aromatic rings. The number of carbonyl (C=O) groups excluding carboxylic acids is 1. The van der Waals surface area contributed by atoms with Gasteiger partial charge < -0.3 is 4.90 Å². The molecule has 0 unspecified atom stereocenters. The van der Waals surface area contributed by atoms with Gasteiger partial charge >= 0.3 is 6.03 Å². The lowest BCUT2D eigenvalue weighted by molar-refractivity contribution is 0.195. The van der Waals surface area contributed by atoms with Crippen molar-refractivity contribution in [1.29, 1.82) is 0 Å². The average Bonchev–Trinajstić information content (AvgIpc) is 2.86. The first-order valence-electron chi connectivity index (χ1n) is 4.53. The minimum Gasteiger partial charge on any atom is -0.323 e. The molecule has 1 aliphatic carbocycles. The minimum atomic E-state index is -0.149. The molecule has 70 valence electrons. The van der Waals surface area contributed by atoms with E-state index in [0.717, 1.165) is 25.4 Å². The summed E-state index contributed by atoms with van der Waals surface area (Å²) in [4.78, 5) is 12.9. The van der Waals surface area contributed by atoms with Crippen LogP contribution >= 0.6 is 0 Å². The van der Waals surface area contributed by atoms with Crippen molar-refractivity contribution in [3.05, 3.63) is 0 Å². The quantitative estimate of drug-likeness (QED) is 0.371. The Kier molecular flexibility index (Phi) is 3.34. The van der Waals surface area contributed by atoms with Crippen molar-refractivity contribution in [2.75, 3.05) is 13.1 Å². The van der Waals surface area contributed by atoms with Gasteiger partial charge in [0.25, 0.3) is 0 Å². The summed E-state index contributed by atoms with van der Waals surface area (Å²) in [5, 5.41) is 0. The molecule has 12 heavy (non-hydrogen) atoms. The van der Waals surface area contributed by atoms with Gasteiger partial charge in [0, 0.05) is 13.1 Å². The molecule has 0 aromatic heterocycles. The number of nitrogens with zero attached hydrogens (tertiary/aromatic N) is 1. The Morgan fingerprint density at radius 1 is 1.67 bits per heavy atom. The molecule has 4 nitrogen and oxygen atoms in total. The van der Waals surface area contributed by atoms with Crippen LogP contribution in [0.2, 0.25) is 0 Å². The van der Waals surface area contributed by atoms with Gasteiger partial charge in [-0.25, -0.2) is 10.6 Å². The van der Waals surface area contributed by atoms with Crippen LogP contribution in [0.4, 0.5) is 4.79 Å². The molecule has 1 saturated carbocycles. The van der Waals surface area contributed by atoms with E-state index in [4.69, 9.17) is 5.84 Å². The van der Waals surface area contributed by atoms with Crippen LogP contribution in [0, 0.1) is 5.92 Å². The second kappa shape index (κ2) is 4.30. The Balaban J connectivity index is 2.30. The summed E-state index contributed by atoms with van der Waals surface area (Å²) >= 11 is 0. The number of amides is 2. The van der Waals surface area contributed by atoms with E-state index in [-0.39, 0.29) is 6.03 Å². The third-order valence-electron chi connectivity index (χ3n) is 2.08. The molecule has 0 atom stereocenters. The van der Waals surface area contributed by atoms with Crippen molar-refractivity contribution >= 4 is 6.03 Å². The average molecular weight is 171 g/mol. The van der Waals surface area contributed by atoms with Gasteiger partial charge in [-0.2, -0.15) is 0 Å². The number of hydrogen-bond donors (Lipinski definition) is 2. The summed E-state index contributed by atoms with van der Waals surface area (Å²) in [6.45, 7) is 3.74. The zero-order valence-corrected chi connectivity index (χ0v) is 7.55. The standard InChI is InChI=1S/C8H17N3O/c1-2-5-11(8(12)10-9)6-7-3-4-7/h7H,2-6,9H2,1H3,(H,10,12). The van der Waals surface area contributed by atoms with Crippen LogP contribution in [0.3, 0.4) is 0 Å². The van der Waals surface area contributed by atoms with E-state index in [2.05, 4.69) is 12.3 Å². The second-order valence-corrected chi connectivity index (χ2v) is 3.34. The molecule has 0 spiro atoms. The Labute approximate surface area is 73.1 Å². The lowest BCUT2D eigenvalue weighted by Crippen LogP contribution is -2.44. The summed E-state index contributed by atoms with van der Waals surface area (Å²) in [7, 11) is 0. The van der Waals surface area contributed by atoms with Crippen molar-refractivity contribution in [3.63, 3.8) is 0 Å². The summed E-state index contributed by atoms with van der Waals surface area (Å²) < 4.78 is 0. The van der Waals surface area contributed by atoms with Gasteiger partial charge in [-0.15, -0.1) is 0 Å². The lowest BCUT2D eigenvalue weighted by Gasteiger charge is -2.20. The van der Waals surface area contributed by atoms with E-state index >= 15 is 0 Å². The molecule has 4 heteroatoms. The molecule has 1 rings (SSSR count). The van der Waals surface area contributed by atoms with Crippen molar-refractivity contribution in [1.82, 2.24) is 10.3 Å². The second-order valence-electron chi connectivity index (χ2n) is 3.34. The van der Waals surface area contributed by atoms with Crippen LogP contribution in [-0.2, 0) is 0 Å². The molecule has 0 bridgehead atoms. The van der Waals surface area contributed by atoms with Crippen LogP contribution in [0.5, 0.6) is 0 Å². The SMILES string of the molecule is CCCN(CC1CC1)C(=O)NN. The van der Waals surface area contributed by atoms with Crippen LogP contribution in [0.15, 0.2) is 0 Å². The van der Waals surface area contributed by atoms with Crippen molar-refractivity contribution in [3.8, 4) is 0 Å². The zero-order valence-electron chi connectivity index (χ0n) is 7.55. The number of hydrogen-bond acceptors (Lipinski definition) is 2. The normalized spacial score (nSPS) is 15.8. The molecule has 0 aliphatic heterocycles. The maximum Gasteiger partial charge on any atom is 0.331 e. The van der Waals surface area contributed by atoms with Gasteiger partial charge in [0.05, 0.1) is 0 Å². The largest absolute Gasteiger partial charge is 0.331 e. The van der Waals surface area contributed by atoms with E-state index in [1.807, 2.05) is 0 Å². The molecular weight excluding hydrogens is 154 g/mol. The monoisotopic (exact) mass is 171 g/mol. The molecule has 1 aliphatic rings. The van der Waals surface area contributed by atoms with E-state index < -0.39 is 0 Å². The van der Waals surface area contributed by atoms with E-state index in [1.54, 1.807) is 4.90 Å². The van der Waals surface area contributed by atoms with E-state index in [0.29, 0.717) is 0 Å². The Morgan fingerprint density at radius 2 is 2.33 bits per heavy atom. The molecule has 0 saturated heterocycles. The highest BCUT2D eigenvalue weighted by Crippen LogP contribution is 2.29. The summed E-state index contributed by atoms with van der Waals surface area (Å²) in [6.07, 6.45) is 3.51. The molecule has 0 heterocycles. The van der Waals surface area contributed by atoms with Crippen molar-refractivity contribution in [2.24, 2.45) is 11.8 Å². The van der Waals surface area contributed by atoms with Gasteiger partial charge in [0.2, 0.25) is 0 Å². The Hall–Kier alpha value is -0.770. The first-order chi connectivity index (χ1) is 5.77. The van der Waals surface area contributed by atoms with E-state index in [1.165, 1.54) is 12.8 Å². The lowest BCUT2D eigenvalue weighted by atomic mass is 10.3. The van der Waals surface area contributed by atoms with Gasteiger partial charge in [0.15, 0.2) is 0 Å². The first kappa shape index (κ1) is 9.32. The molecule has 2 amide bonds. The molecule has 3 N–H and O–H groups in total. The molecule has 0 aromatic carbocycles. The van der Waals surface area contributed by atoms with Gasteiger partial charge in [-0.3, -0.25) is 5.43 Å². The van der Waals surface area contributed by atoms with Crippen molar-refractivity contribution in [2.45, 2.75) is 26.2 Å². The third kappa shape index (κ3) is 2.70. The maximum absolute atomic E-state index is 11.2. The predicted molar refractivity (Wildman–Crippen MR) is 47.3 cm³/mol. The zero-order chi connectivity index (χ0) is 8.97. The highest BCUT2D eigenvalue weighted by molar-refractivity contribution is 5.73. The number of nitrogens with two attached hydrogens (primary N) is 1. The van der Waals surface area contributed by atoms with Gasteiger partial charge in [-0.1, -0.05) is 6.92 Å². The summed E-state index contributed by atoms with van der Waals surface area (Å²) in [5.41, 5.74) is 2.17. The number of urea groups is 1. The summed E-state index contributed by atoms with van der Waals surface area (Å²) in [5.74, 6) is 5.79. The van der Waals surface area contributed by atoms with Crippen LogP contribution in [0.1, 0.15) is 26.2 Å². The maximum atomic E-state index is 11.2. The summed E-state index contributed by atoms with van der Waals surface area (Å²) in [6, 6.07) is -0.149. The fraction of sp³-hybridized carbons (Fsp3) is 0.875. The molecular formula is C8H17N3O. The van der Waals surface area contributed by atoms with Crippen LogP contribution < -0.4 is 11.3 Å². The van der Waals surface area contributed by atoms with Gasteiger partial charge in [-0.05, 0) is 25.2 Å². The highest BCUT2D eigenvalue weighted by Gasteiger charge is 2.25. The third-order valence-corrected chi connectivity index (χ3v) is 2.08. The van der Waals surface area contributed by atoms with Crippen LogP contribution in [-0.4, -0.2) is 24.0 Å². The Bertz CT molecular complexity index is 156. The fourth-order valence-electron chi connectivity index (χ4n) is 1.25. The predicted octanol–water partition coefficient (Wildman–Crippen LogP) is 0.692. The fourth-order valence-corrected chi connectivity index (χ4v) is 1.25. The smallest absolute Gasteiger partial charge is 0.323 e. The first-order valence-corrected chi connectivity index (χ1v) is 4.53. The Morgan fingerprint density at radius 3 is 2.75 bits per heavy atom. The molecule has 0 radical (unpaired) electrons. The number of carbonyl (C=O) groups is 1. The van der Waals surface area contributed by atoms with Crippen LogP contribution in [0.25, 0.3) is 0 Å². The molecule has 1 fully saturated rings. The van der Waals surface area contributed by atoms with Gasteiger partial charge in [0.1, 0.15) is 0 Å². The highest BCUT2D eigenvalue weighted by atomic mass is 16.2. The minimum absolute atomic E-state index is 0.149. The number of nitrogens with one attached hydrogen (secondary N) is 1. The number of hydrazine groups is 1. The van der Waals surface area contributed by atoms with Crippen molar-refractivity contribution < 1.29 is 4.79 Å². The number of rotatable bonds is 4. The topological polar surface area (TPSA) is 58.4 Å².